The lowest BCUT2D eigenvalue weighted by atomic mass is 10.1. The minimum absolute atomic E-state index is 0.104. The lowest BCUT2D eigenvalue weighted by Gasteiger charge is -2.28. The van der Waals surface area contributed by atoms with Crippen LogP contribution in [0.1, 0.15) is 18.9 Å². The SMILES string of the molecule is N#CN1CCCC(n2nc(-c3ccccc3)c3c(N)ncnc32)C1. The van der Waals surface area contributed by atoms with Crippen LogP contribution in [0.5, 0.6) is 0 Å². The van der Waals surface area contributed by atoms with E-state index in [-0.39, 0.29) is 6.04 Å². The first kappa shape index (κ1) is 14.5. The van der Waals surface area contributed by atoms with Gasteiger partial charge in [-0.25, -0.2) is 14.6 Å². The number of hydrogen-bond acceptors (Lipinski definition) is 6. The molecule has 2 N–H and O–H groups in total. The van der Waals surface area contributed by atoms with Crippen LogP contribution in [-0.2, 0) is 0 Å². The van der Waals surface area contributed by atoms with Gasteiger partial charge in [0.05, 0.1) is 18.0 Å². The van der Waals surface area contributed by atoms with Gasteiger partial charge < -0.3 is 10.6 Å². The summed E-state index contributed by atoms with van der Waals surface area (Å²) in [5.41, 5.74) is 8.62. The van der Waals surface area contributed by atoms with Crippen LogP contribution < -0.4 is 5.73 Å². The van der Waals surface area contributed by atoms with E-state index in [1.54, 1.807) is 4.90 Å². The van der Waals surface area contributed by atoms with Crippen LogP contribution in [-0.4, -0.2) is 37.7 Å². The van der Waals surface area contributed by atoms with Gasteiger partial charge in [0.25, 0.3) is 0 Å². The van der Waals surface area contributed by atoms with Gasteiger partial charge in [-0.15, -0.1) is 0 Å². The minimum Gasteiger partial charge on any atom is -0.383 e. The fourth-order valence-corrected chi connectivity index (χ4v) is 3.29. The topological polar surface area (TPSA) is 96.7 Å². The van der Waals surface area contributed by atoms with Crippen molar-refractivity contribution in [3.63, 3.8) is 0 Å². The summed E-state index contributed by atoms with van der Waals surface area (Å²) >= 11 is 0. The molecule has 0 spiro atoms. The molecule has 1 aliphatic rings. The van der Waals surface area contributed by atoms with E-state index < -0.39 is 0 Å². The number of fused-ring (bicyclic) bond motifs is 1. The number of piperidine rings is 1. The summed E-state index contributed by atoms with van der Waals surface area (Å²) in [6, 6.07) is 10.0. The third-order valence-corrected chi connectivity index (χ3v) is 4.45. The fraction of sp³-hybridized carbons (Fsp3) is 0.294. The molecule has 0 amide bonds. The number of aromatic nitrogens is 4. The Bertz CT molecular complexity index is 910. The zero-order chi connectivity index (χ0) is 16.5. The first-order valence-corrected chi connectivity index (χ1v) is 7.96. The minimum atomic E-state index is 0.104. The lowest BCUT2D eigenvalue weighted by molar-refractivity contribution is 0.236. The highest BCUT2D eigenvalue weighted by Gasteiger charge is 2.26. The van der Waals surface area contributed by atoms with Crippen molar-refractivity contribution in [2.24, 2.45) is 0 Å². The van der Waals surface area contributed by atoms with Crippen LogP contribution in [0.3, 0.4) is 0 Å². The number of nitrogens with zero attached hydrogens (tertiary/aromatic N) is 6. The van der Waals surface area contributed by atoms with Crippen LogP contribution in [0.15, 0.2) is 36.7 Å². The Hall–Kier alpha value is -3.14. The van der Waals surface area contributed by atoms with E-state index in [0.29, 0.717) is 12.4 Å². The van der Waals surface area contributed by atoms with Crippen molar-refractivity contribution in [1.29, 1.82) is 5.26 Å². The summed E-state index contributed by atoms with van der Waals surface area (Å²) in [5.74, 6) is 0.429. The molecule has 4 rings (SSSR count). The van der Waals surface area contributed by atoms with Gasteiger partial charge in [0.1, 0.15) is 17.8 Å². The van der Waals surface area contributed by atoms with Crippen LogP contribution >= 0.6 is 0 Å². The van der Waals surface area contributed by atoms with Crippen molar-refractivity contribution < 1.29 is 0 Å². The molecule has 1 unspecified atom stereocenters. The maximum Gasteiger partial charge on any atom is 0.179 e. The first-order chi connectivity index (χ1) is 11.8. The highest BCUT2D eigenvalue weighted by atomic mass is 15.3. The molecule has 120 valence electrons. The third kappa shape index (κ3) is 2.33. The molecule has 1 aliphatic heterocycles. The average Bonchev–Trinajstić information content (AvgIpc) is 3.04. The third-order valence-electron chi connectivity index (χ3n) is 4.45. The number of nitriles is 1. The van der Waals surface area contributed by atoms with Crippen molar-refractivity contribution in [2.75, 3.05) is 18.8 Å². The number of anilines is 1. The van der Waals surface area contributed by atoms with E-state index in [9.17, 15) is 5.26 Å². The Kier molecular flexibility index (Phi) is 3.50. The van der Waals surface area contributed by atoms with E-state index in [4.69, 9.17) is 10.8 Å². The van der Waals surface area contributed by atoms with E-state index in [2.05, 4.69) is 16.2 Å². The van der Waals surface area contributed by atoms with Gasteiger partial charge in [0, 0.05) is 12.1 Å². The number of rotatable bonds is 2. The number of likely N-dealkylation sites (tertiary alicyclic amines) is 1. The van der Waals surface area contributed by atoms with Gasteiger partial charge in [-0.05, 0) is 12.8 Å². The maximum atomic E-state index is 9.20. The van der Waals surface area contributed by atoms with Crippen molar-refractivity contribution in [3.05, 3.63) is 36.7 Å². The molecule has 7 heteroatoms. The smallest absolute Gasteiger partial charge is 0.179 e. The summed E-state index contributed by atoms with van der Waals surface area (Å²) < 4.78 is 1.92. The monoisotopic (exact) mass is 319 g/mol. The maximum absolute atomic E-state index is 9.20. The second-order valence-electron chi connectivity index (χ2n) is 5.96. The first-order valence-electron chi connectivity index (χ1n) is 7.96. The molecule has 24 heavy (non-hydrogen) atoms. The number of benzene rings is 1. The molecule has 3 heterocycles. The predicted octanol–water partition coefficient (Wildman–Crippen LogP) is 2.19. The van der Waals surface area contributed by atoms with Gasteiger partial charge in [-0.3, -0.25) is 0 Å². The number of nitrogens with two attached hydrogens (primary N) is 1. The summed E-state index contributed by atoms with van der Waals surface area (Å²) in [5, 5.41) is 14.8. The zero-order valence-electron chi connectivity index (χ0n) is 13.1. The van der Waals surface area contributed by atoms with Gasteiger partial charge in [-0.1, -0.05) is 30.3 Å². The van der Waals surface area contributed by atoms with Crippen LogP contribution in [0.2, 0.25) is 0 Å². The van der Waals surface area contributed by atoms with Crippen molar-refractivity contribution in [3.8, 4) is 17.5 Å². The molecule has 1 fully saturated rings. The Morgan fingerprint density at radius 1 is 1.21 bits per heavy atom. The lowest BCUT2D eigenvalue weighted by Crippen LogP contribution is -2.33. The van der Waals surface area contributed by atoms with E-state index in [1.165, 1.54) is 6.33 Å². The molecule has 2 aromatic heterocycles. The van der Waals surface area contributed by atoms with Crippen LogP contribution in [0, 0.1) is 11.5 Å². The summed E-state index contributed by atoms with van der Waals surface area (Å²) in [6.07, 6.45) is 5.63. The zero-order valence-corrected chi connectivity index (χ0v) is 13.1. The van der Waals surface area contributed by atoms with Gasteiger partial charge in [0.15, 0.2) is 11.8 Å². The highest BCUT2D eigenvalue weighted by Crippen LogP contribution is 2.33. The normalized spacial score (nSPS) is 17.8. The Morgan fingerprint density at radius 2 is 2.04 bits per heavy atom. The molecule has 0 aliphatic carbocycles. The fourth-order valence-electron chi connectivity index (χ4n) is 3.29. The Morgan fingerprint density at radius 3 is 2.83 bits per heavy atom. The predicted molar refractivity (Wildman–Crippen MR) is 90.6 cm³/mol. The molecule has 1 saturated heterocycles. The number of hydrogen-bond donors (Lipinski definition) is 1. The second-order valence-corrected chi connectivity index (χ2v) is 5.96. The molecule has 1 aromatic carbocycles. The summed E-state index contributed by atoms with van der Waals surface area (Å²) in [6.45, 7) is 1.44. The second kappa shape index (κ2) is 5.81. The average molecular weight is 319 g/mol. The molecule has 3 aromatic rings. The van der Waals surface area contributed by atoms with Crippen molar-refractivity contribution in [2.45, 2.75) is 18.9 Å². The largest absolute Gasteiger partial charge is 0.383 e. The van der Waals surface area contributed by atoms with Crippen LogP contribution in [0.4, 0.5) is 5.82 Å². The van der Waals surface area contributed by atoms with E-state index in [0.717, 1.165) is 41.7 Å². The molecule has 0 bridgehead atoms. The van der Waals surface area contributed by atoms with Crippen molar-refractivity contribution >= 4 is 16.9 Å². The standard InChI is InChI=1S/C17H17N7/c18-10-23-8-4-7-13(9-23)24-17-14(16(19)20-11-21-17)15(22-24)12-5-2-1-3-6-12/h1-3,5-6,11,13H,4,7-9H2,(H2,19,20,21). The number of nitrogen functional groups attached to an aromatic ring is 1. The van der Waals surface area contributed by atoms with Crippen LogP contribution in [0.25, 0.3) is 22.3 Å². The Labute approximate surface area is 139 Å². The molecule has 7 nitrogen and oxygen atoms in total. The van der Waals surface area contributed by atoms with Crippen molar-refractivity contribution in [1.82, 2.24) is 24.6 Å². The molecular weight excluding hydrogens is 302 g/mol. The highest BCUT2D eigenvalue weighted by molar-refractivity contribution is 5.98. The summed E-state index contributed by atoms with van der Waals surface area (Å²) in [7, 11) is 0. The van der Waals surface area contributed by atoms with Gasteiger partial charge in [-0.2, -0.15) is 10.4 Å². The molecule has 0 radical (unpaired) electrons. The Balaban J connectivity index is 1.88. The van der Waals surface area contributed by atoms with E-state index >= 15 is 0 Å². The van der Waals surface area contributed by atoms with Gasteiger partial charge in [0.2, 0.25) is 0 Å². The summed E-state index contributed by atoms with van der Waals surface area (Å²) in [4.78, 5) is 10.3. The quantitative estimate of drug-likeness (QED) is 0.727. The molecule has 0 saturated carbocycles. The molecule has 1 atom stereocenters. The van der Waals surface area contributed by atoms with Gasteiger partial charge >= 0.3 is 0 Å². The van der Waals surface area contributed by atoms with E-state index in [1.807, 2.05) is 35.0 Å². The molecular formula is C17H17N7.